The minimum absolute atomic E-state index is 0.0840. The van der Waals surface area contributed by atoms with Crippen LogP contribution in [0, 0.1) is 5.92 Å². The van der Waals surface area contributed by atoms with Crippen molar-refractivity contribution in [3.8, 4) is 0 Å². The van der Waals surface area contributed by atoms with Crippen molar-refractivity contribution < 1.29 is 4.79 Å². The first kappa shape index (κ1) is 15.5. The number of rotatable bonds is 4. The highest BCUT2D eigenvalue weighted by Crippen LogP contribution is 2.25. The molecule has 120 valence electrons. The van der Waals surface area contributed by atoms with Gasteiger partial charge in [-0.25, -0.2) is 0 Å². The molecule has 1 saturated heterocycles. The summed E-state index contributed by atoms with van der Waals surface area (Å²) in [6, 6.07) is 8.47. The molecule has 1 amide bonds. The maximum atomic E-state index is 12.3. The van der Waals surface area contributed by atoms with Crippen LogP contribution in [-0.2, 0) is 11.3 Å². The zero-order valence-corrected chi connectivity index (χ0v) is 13.3. The minimum atomic E-state index is 0.0840. The number of carbonyl (C=O) groups is 1. The van der Waals surface area contributed by atoms with Gasteiger partial charge in [0.15, 0.2) is 0 Å². The van der Waals surface area contributed by atoms with Gasteiger partial charge in [-0.2, -0.15) is 0 Å². The molecule has 2 fully saturated rings. The van der Waals surface area contributed by atoms with Crippen LogP contribution in [0.4, 0.5) is 5.69 Å². The number of amides is 1. The predicted octanol–water partition coefficient (Wildman–Crippen LogP) is 2.74. The molecule has 1 aliphatic heterocycles. The summed E-state index contributed by atoms with van der Waals surface area (Å²) in [6.45, 7) is 3.37. The standard InChI is InChI=1S/C18H27N3O/c19-16-8-7-15(12-16)18(22)20-17-6-4-5-14(11-17)13-21-9-2-1-3-10-21/h4-6,11,15-16H,1-3,7-10,12-13,19H2,(H,20,22). The Kier molecular flexibility index (Phi) is 5.11. The van der Waals surface area contributed by atoms with Gasteiger partial charge < -0.3 is 11.1 Å². The molecule has 1 aromatic rings. The first-order chi connectivity index (χ1) is 10.7. The minimum Gasteiger partial charge on any atom is -0.328 e. The lowest BCUT2D eigenvalue weighted by molar-refractivity contribution is -0.119. The maximum absolute atomic E-state index is 12.3. The molecule has 1 aromatic carbocycles. The summed E-state index contributed by atoms with van der Waals surface area (Å²) in [4.78, 5) is 14.8. The van der Waals surface area contributed by atoms with E-state index >= 15 is 0 Å². The summed E-state index contributed by atoms with van der Waals surface area (Å²) in [6.07, 6.45) is 6.67. The molecular weight excluding hydrogens is 274 g/mol. The molecule has 1 heterocycles. The SMILES string of the molecule is NC1CCC(C(=O)Nc2cccc(CN3CCCCC3)c2)C1. The van der Waals surface area contributed by atoms with Gasteiger partial charge in [-0.15, -0.1) is 0 Å². The lowest BCUT2D eigenvalue weighted by atomic mass is 10.1. The highest BCUT2D eigenvalue weighted by atomic mass is 16.1. The molecule has 2 atom stereocenters. The third-order valence-electron chi connectivity index (χ3n) is 4.89. The average Bonchev–Trinajstić information content (AvgIpc) is 2.95. The average molecular weight is 301 g/mol. The summed E-state index contributed by atoms with van der Waals surface area (Å²) >= 11 is 0. The van der Waals surface area contributed by atoms with Gasteiger partial charge in [-0.1, -0.05) is 18.6 Å². The highest BCUT2D eigenvalue weighted by Gasteiger charge is 2.27. The number of nitrogens with zero attached hydrogens (tertiary/aromatic N) is 1. The molecule has 22 heavy (non-hydrogen) atoms. The third-order valence-corrected chi connectivity index (χ3v) is 4.89. The first-order valence-corrected chi connectivity index (χ1v) is 8.58. The lowest BCUT2D eigenvalue weighted by Gasteiger charge is -2.26. The summed E-state index contributed by atoms with van der Waals surface area (Å²) in [5.74, 6) is 0.212. The summed E-state index contributed by atoms with van der Waals surface area (Å²) in [5, 5.41) is 3.07. The van der Waals surface area contributed by atoms with E-state index in [1.54, 1.807) is 0 Å². The van der Waals surface area contributed by atoms with Crippen LogP contribution in [0.1, 0.15) is 44.1 Å². The van der Waals surface area contributed by atoms with E-state index in [0.717, 1.165) is 31.5 Å². The summed E-state index contributed by atoms with van der Waals surface area (Å²) in [7, 11) is 0. The Morgan fingerprint density at radius 3 is 2.77 bits per heavy atom. The lowest BCUT2D eigenvalue weighted by Crippen LogP contribution is -2.29. The normalized spacial score (nSPS) is 26.0. The molecule has 0 spiro atoms. The molecule has 1 saturated carbocycles. The van der Waals surface area contributed by atoms with E-state index in [0.29, 0.717) is 0 Å². The number of anilines is 1. The second kappa shape index (κ2) is 7.25. The van der Waals surface area contributed by atoms with Crippen molar-refractivity contribution in [1.29, 1.82) is 0 Å². The molecule has 0 radical (unpaired) electrons. The third kappa shape index (κ3) is 4.08. The van der Waals surface area contributed by atoms with Gasteiger partial charge in [0, 0.05) is 24.2 Å². The van der Waals surface area contributed by atoms with Crippen molar-refractivity contribution in [1.82, 2.24) is 4.90 Å². The number of hydrogen-bond acceptors (Lipinski definition) is 3. The zero-order valence-electron chi connectivity index (χ0n) is 13.3. The van der Waals surface area contributed by atoms with Crippen LogP contribution >= 0.6 is 0 Å². The Labute approximate surface area is 133 Å². The molecule has 3 rings (SSSR count). The zero-order chi connectivity index (χ0) is 15.4. The molecule has 3 N–H and O–H groups in total. The Bertz CT molecular complexity index is 511. The van der Waals surface area contributed by atoms with Crippen molar-refractivity contribution >= 4 is 11.6 Å². The number of piperidine rings is 1. The number of nitrogens with one attached hydrogen (secondary N) is 1. The largest absolute Gasteiger partial charge is 0.328 e. The highest BCUT2D eigenvalue weighted by molar-refractivity contribution is 5.92. The van der Waals surface area contributed by atoms with Crippen LogP contribution in [0.25, 0.3) is 0 Å². The van der Waals surface area contributed by atoms with Crippen LogP contribution < -0.4 is 11.1 Å². The van der Waals surface area contributed by atoms with Gasteiger partial charge in [-0.3, -0.25) is 9.69 Å². The molecule has 2 aliphatic rings. The van der Waals surface area contributed by atoms with E-state index in [1.165, 1.54) is 37.9 Å². The molecule has 2 unspecified atom stereocenters. The number of likely N-dealkylation sites (tertiary alicyclic amines) is 1. The van der Waals surface area contributed by atoms with Gasteiger partial charge in [0.05, 0.1) is 0 Å². The van der Waals surface area contributed by atoms with Crippen molar-refractivity contribution in [2.75, 3.05) is 18.4 Å². The predicted molar refractivity (Wildman–Crippen MR) is 89.5 cm³/mol. The van der Waals surface area contributed by atoms with E-state index in [2.05, 4.69) is 22.3 Å². The van der Waals surface area contributed by atoms with Gasteiger partial charge in [0.1, 0.15) is 0 Å². The summed E-state index contributed by atoms with van der Waals surface area (Å²) < 4.78 is 0. The summed E-state index contributed by atoms with van der Waals surface area (Å²) in [5.41, 5.74) is 8.10. The maximum Gasteiger partial charge on any atom is 0.227 e. The topological polar surface area (TPSA) is 58.4 Å². The second-order valence-corrected chi connectivity index (χ2v) is 6.80. The van der Waals surface area contributed by atoms with E-state index in [-0.39, 0.29) is 17.9 Å². The van der Waals surface area contributed by atoms with Crippen LogP contribution in [0.5, 0.6) is 0 Å². The van der Waals surface area contributed by atoms with Crippen LogP contribution in [0.15, 0.2) is 24.3 Å². The number of nitrogens with two attached hydrogens (primary N) is 1. The van der Waals surface area contributed by atoms with E-state index in [4.69, 9.17) is 5.73 Å². The number of hydrogen-bond donors (Lipinski definition) is 2. The number of benzene rings is 1. The molecule has 0 aromatic heterocycles. The van der Waals surface area contributed by atoms with Gasteiger partial charge in [-0.05, 0) is 62.9 Å². The second-order valence-electron chi connectivity index (χ2n) is 6.80. The Morgan fingerprint density at radius 2 is 2.05 bits per heavy atom. The van der Waals surface area contributed by atoms with Crippen molar-refractivity contribution in [2.24, 2.45) is 11.7 Å². The Balaban J connectivity index is 1.57. The van der Waals surface area contributed by atoms with E-state index < -0.39 is 0 Å². The van der Waals surface area contributed by atoms with Gasteiger partial charge in [0.25, 0.3) is 0 Å². The van der Waals surface area contributed by atoms with Gasteiger partial charge in [0.2, 0.25) is 5.91 Å². The Hall–Kier alpha value is -1.39. The van der Waals surface area contributed by atoms with Crippen LogP contribution in [0.2, 0.25) is 0 Å². The van der Waals surface area contributed by atoms with Crippen molar-refractivity contribution in [2.45, 2.75) is 51.1 Å². The molecule has 0 bridgehead atoms. The quantitative estimate of drug-likeness (QED) is 0.899. The van der Waals surface area contributed by atoms with E-state index in [9.17, 15) is 4.79 Å². The monoisotopic (exact) mass is 301 g/mol. The molecule has 4 nitrogen and oxygen atoms in total. The number of carbonyl (C=O) groups excluding carboxylic acids is 1. The fourth-order valence-corrected chi connectivity index (χ4v) is 3.62. The fraction of sp³-hybridized carbons (Fsp3) is 0.611. The van der Waals surface area contributed by atoms with Crippen molar-refractivity contribution in [3.05, 3.63) is 29.8 Å². The smallest absolute Gasteiger partial charge is 0.227 e. The molecule has 4 heteroatoms. The van der Waals surface area contributed by atoms with Crippen LogP contribution in [-0.4, -0.2) is 29.9 Å². The van der Waals surface area contributed by atoms with Crippen LogP contribution in [0.3, 0.4) is 0 Å². The van der Waals surface area contributed by atoms with Crippen molar-refractivity contribution in [3.63, 3.8) is 0 Å². The first-order valence-electron chi connectivity index (χ1n) is 8.58. The van der Waals surface area contributed by atoms with Gasteiger partial charge >= 0.3 is 0 Å². The molecule has 1 aliphatic carbocycles. The Morgan fingerprint density at radius 1 is 1.23 bits per heavy atom. The molecular formula is C18H27N3O. The fourth-order valence-electron chi connectivity index (χ4n) is 3.62. The van der Waals surface area contributed by atoms with E-state index in [1.807, 2.05) is 12.1 Å².